The van der Waals surface area contributed by atoms with Crippen LogP contribution in [0.3, 0.4) is 0 Å². The monoisotopic (exact) mass is 396 g/mol. The van der Waals surface area contributed by atoms with Gasteiger partial charge in [0.1, 0.15) is 0 Å². The Morgan fingerprint density at radius 2 is 1.82 bits per heavy atom. The third-order valence-corrected chi connectivity index (χ3v) is 7.36. The first-order valence-electron chi connectivity index (χ1n) is 9.82. The zero-order valence-electron chi connectivity index (χ0n) is 16.9. The van der Waals surface area contributed by atoms with Gasteiger partial charge in [-0.25, -0.2) is 13.1 Å². The molecule has 2 aromatic rings. The Bertz CT molecular complexity index is 1030. The molecular formula is C23H28N2O2S. The van der Waals surface area contributed by atoms with Crippen molar-refractivity contribution < 1.29 is 8.42 Å². The van der Waals surface area contributed by atoms with Gasteiger partial charge in [0, 0.05) is 17.1 Å². The van der Waals surface area contributed by atoms with Crippen LogP contribution in [0.25, 0.3) is 0 Å². The normalized spacial score (nSPS) is 23.8. The van der Waals surface area contributed by atoms with Gasteiger partial charge >= 0.3 is 0 Å². The van der Waals surface area contributed by atoms with Crippen LogP contribution >= 0.6 is 0 Å². The van der Waals surface area contributed by atoms with E-state index in [0.29, 0.717) is 10.8 Å². The van der Waals surface area contributed by atoms with Gasteiger partial charge in [0.2, 0.25) is 10.0 Å². The lowest BCUT2D eigenvalue weighted by Crippen LogP contribution is -2.40. The SMILES string of the molecule is Cc1ccccc1C1Nc2ccc(S(=O)(=O)NC(C)(C)C)cc2C2C=CCC21. The Labute approximate surface area is 168 Å². The van der Waals surface area contributed by atoms with Crippen molar-refractivity contribution in [2.75, 3.05) is 5.32 Å². The second-order valence-electron chi connectivity index (χ2n) is 8.94. The molecule has 28 heavy (non-hydrogen) atoms. The Morgan fingerprint density at radius 3 is 2.54 bits per heavy atom. The van der Waals surface area contributed by atoms with Gasteiger partial charge in [-0.15, -0.1) is 0 Å². The van der Waals surface area contributed by atoms with Gasteiger partial charge in [0.15, 0.2) is 0 Å². The minimum atomic E-state index is -3.55. The average molecular weight is 397 g/mol. The number of rotatable bonds is 3. The van der Waals surface area contributed by atoms with Crippen molar-refractivity contribution in [2.24, 2.45) is 5.92 Å². The van der Waals surface area contributed by atoms with Gasteiger partial charge in [-0.05, 0) is 74.9 Å². The fraction of sp³-hybridized carbons (Fsp3) is 0.391. The highest BCUT2D eigenvalue weighted by Crippen LogP contribution is 2.50. The van der Waals surface area contributed by atoms with E-state index in [1.807, 2.05) is 32.9 Å². The molecular weight excluding hydrogens is 368 g/mol. The molecule has 0 amide bonds. The number of hydrogen-bond acceptors (Lipinski definition) is 3. The molecule has 4 nitrogen and oxygen atoms in total. The first-order valence-corrected chi connectivity index (χ1v) is 11.3. The first-order chi connectivity index (χ1) is 13.2. The molecule has 1 heterocycles. The summed E-state index contributed by atoms with van der Waals surface area (Å²) in [6.45, 7) is 7.71. The van der Waals surface area contributed by atoms with Gasteiger partial charge < -0.3 is 5.32 Å². The highest BCUT2D eigenvalue weighted by Gasteiger charge is 2.39. The van der Waals surface area contributed by atoms with Gasteiger partial charge in [0.25, 0.3) is 0 Å². The van der Waals surface area contributed by atoms with Crippen LogP contribution in [0.2, 0.25) is 0 Å². The van der Waals surface area contributed by atoms with E-state index in [1.54, 1.807) is 6.07 Å². The minimum Gasteiger partial charge on any atom is -0.378 e. The summed E-state index contributed by atoms with van der Waals surface area (Å²) < 4.78 is 28.4. The van der Waals surface area contributed by atoms with Gasteiger partial charge in [-0.3, -0.25) is 0 Å². The van der Waals surface area contributed by atoms with E-state index in [9.17, 15) is 8.42 Å². The second kappa shape index (κ2) is 6.75. The maximum Gasteiger partial charge on any atom is 0.241 e. The van der Waals surface area contributed by atoms with Crippen LogP contribution in [0.4, 0.5) is 5.69 Å². The van der Waals surface area contributed by atoms with E-state index in [4.69, 9.17) is 0 Å². The van der Waals surface area contributed by atoms with Crippen LogP contribution in [0.15, 0.2) is 59.5 Å². The maximum absolute atomic E-state index is 12.8. The van der Waals surface area contributed by atoms with E-state index in [-0.39, 0.29) is 12.0 Å². The lowest BCUT2D eigenvalue weighted by Gasteiger charge is -2.38. The molecule has 1 aliphatic carbocycles. The summed E-state index contributed by atoms with van der Waals surface area (Å²) in [5, 5.41) is 3.70. The summed E-state index contributed by atoms with van der Waals surface area (Å²) in [7, 11) is -3.55. The molecule has 3 atom stereocenters. The Hall–Kier alpha value is -2.11. The number of nitrogens with one attached hydrogen (secondary N) is 2. The minimum absolute atomic E-state index is 0.226. The molecule has 0 radical (unpaired) electrons. The topological polar surface area (TPSA) is 58.2 Å². The Balaban J connectivity index is 1.74. The van der Waals surface area contributed by atoms with Gasteiger partial charge in [0.05, 0.1) is 10.9 Å². The van der Waals surface area contributed by atoms with Crippen molar-refractivity contribution in [1.29, 1.82) is 0 Å². The molecule has 5 heteroatoms. The van der Waals surface area contributed by atoms with Gasteiger partial charge in [-0.2, -0.15) is 0 Å². The smallest absolute Gasteiger partial charge is 0.241 e. The molecule has 0 fully saturated rings. The van der Waals surface area contributed by atoms with Crippen LogP contribution in [-0.4, -0.2) is 14.0 Å². The number of allylic oxidation sites excluding steroid dienone is 2. The summed E-state index contributed by atoms with van der Waals surface area (Å²) in [6.07, 6.45) is 5.46. The third kappa shape index (κ3) is 3.49. The van der Waals surface area contributed by atoms with Crippen LogP contribution in [0, 0.1) is 12.8 Å². The molecule has 2 N–H and O–H groups in total. The number of aryl methyl sites for hydroxylation is 1. The number of fused-ring (bicyclic) bond motifs is 3. The van der Waals surface area contributed by atoms with Crippen LogP contribution in [0.1, 0.15) is 55.8 Å². The molecule has 2 aromatic carbocycles. The molecule has 4 rings (SSSR count). The van der Waals surface area contributed by atoms with Crippen LogP contribution in [0.5, 0.6) is 0 Å². The number of hydrogen-bond donors (Lipinski definition) is 2. The Kier molecular flexibility index (Phi) is 4.63. The molecule has 0 saturated carbocycles. The Morgan fingerprint density at radius 1 is 1.07 bits per heavy atom. The number of benzene rings is 2. The largest absolute Gasteiger partial charge is 0.378 e. The van der Waals surface area contributed by atoms with E-state index in [1.165, 1.54) is 11.1 Å². The molecule has 0 aromatic heterocycles. The zero-order chi connectivity index (χ0) is 20.1. The molecule has 2 aliphatic rings. The van der Waals surface area contributed by atoms with Crippen molar-refractivity contribution in [3.63, 3.8) is 0 Å². The van der Waals surface area contributed by atoms with Crippen molar-refractivity contribution in [1.82, 2.24) is 4.72 Å². The van der Waals surface area contributed by atoms with Crippen molar-refractivity contribution in [3.8, 4) is 0 Å². The first kappa shape index (κ1) is 19.2. The fourth-order valence-electron chi connectivity index (χ4n) is 4.45. The van der Waals surface area contributed by atoms with Crippen molar-refractivity contribution in [3.05, 3.63) is 71.3 Å². The molecule has 0 bridgehead atoms. The lowest BCUT2D eigenvalue weighted by atomic mass is 9.76. The number of anilines is 1. The molecule has 148 valence electrons. The zero-order valence-corrected chi connectivity index (χ0v) is 17.7. The van der Waals surface area contributed by atoms with E-state index in [2.05, 4.69) is 53.4 Å². The molecule has 0 spiro atoms. The second-order valence-corrected chi connectivity index (χ2v) is 10.6. The summed E-state index contributed by atoms with van der Waals surface area (Å²) >= 11 is 0. The summed E-state index contributed by atoms with van der Waals surface area (Å²) in [6, 6.07) is 14.2. The molecule has 0 saturated heterocycles. The van der Waals surface area contributed by atoms with Crippen molar-refractivity contribution in [2.45, 2.75) is 56.5 Å². The predicted molar refractivity (Wildman–Crippen MR) is 114 cm³/mol. The van der Waals surface area contributed by atoms with E-state index in [0.717, 1.165) is 17.7 Å². The van der Waals surface area contributed by atoms with E-state index < -0.39 is 15.6 Å². The van der Waals surface area contributed by atoms with Crippen LogP contribution < -0.4 is 10.0 Å². The average Bonchev–Trinajstić information content (AvgIpc) is 3.09. The maximum atomic E-state index is 12.8. The standard InChI is InChI=1S/C23H28N2O2S/c1-15-8-5-6-9-17(15)22-19-11-7-10-18(19)20-14-16(12-13-21(20)24-22)28(26,27)25-23(2,3)4/h5-10,12-14,18-19,22,24-25H,11H2,1-4H3. The molecule has 1 aliphatic heterocycles. The molecule has 3 unspecified atom stereocenters. The summed E-state index contributed by atoms with van der Waals surface area (Å²) in [4.78, 5) is 0.330. The fourth-order valence-corrected chi connectivity index (χ4v) is 5.90. The highest BCUT2D eigenvalue weighted by atomic mass is 32.2. The summed E-state index contributed by atoms with van der Waals surface area (Å²) in [5.74, 6) is 0.618. The summed E-state index contributed by atoms with van der Waals surface area (Å²) in [5.41, 5.74) is 4.18. The third-order valence-electron chi connectivity index (χ3n) is 5.61. The highest BCUT2D eigenvalue weighted by molar-refractivity contribution is 7.89. The predicted octanol–water partition coefficient (Wildman–Crippen LogP) is 4.90. The van der Waals surface area contributed by atoms with Gasteiger partial charge in [-0.1, -0.05) is 36.4 Å². The van der Waals surface area contributed by atoms with Crippen LogP contribution in [-0.2, 0) is 10.0 Å². The number of sulfonamides is 1. The van der Waals surface area contributed by atoms with E-state index >= 15 is 0 Å². The van der Waals surface area contributed by atoms with Crippen molar-refractivity contribution >= 4 is 15.7 Å². The lowest BCUT2D eigenvalue weighted by molar-refractivity contribution is 0.424. The quantitative estimate of drug-likeness (QED) is 0.726.